The molecule has 1 amide bonds. The molecule has 0 radical (unpaired) electrons. The summed E-state index contributed by atoms with van der Waals surface area (Å²) in [5.74, 6) is -0.0109. The molecule has 1 aromatic carbocycles. The summed E-state index contributed by atoms with van der Waals surface area (Å²) >= 11 is 6.68. The van der Waals surface area contributed by atoms with Gasteiger partial charge in [0, 0.05) is 6.61 Å². The maximum atomic E-state index is 12.4. The first kappa shape index (κ1) is 15.5. The van der Waals surface area contributed by atoms with Gasteiger partial charge in [-0.15, -0.1) is 0 Å². The number of rotatable bonds is 4. The zero-order valence-electron chi connectivity index (χ0n) is 12.1. The Balaban J connectivity index is 1.65. The highest BCUT2D eigenvalue weighted by atomic mass is 32.2. The molecule has 2 aliphatic heterocycles. The first-order chi connectivity index (χ1) is 10.7. The number of nitrogens with zero attached hydrogens (tertiary/aromatic N) is 1. The Bertz CT molecular complexity index is 619. The van der Waals surface area contributed by atoms with Gasteiger partial charge >= 0.3 is 0 Å². The first-order valence-electron chi connectivity index (χ1n) is 7.33. The SMILES string of the molecule is O=C1/C(=C/C=C/c2ccccc2)SC(=S)N1C[C@H]1CCCO1. The monoisotopic (exact) mass is 331 g/mol. The maximum Gasteiger partial charge on any atom is 0.266 e. The lowest BCUT2D eigenvalue weighted by Crippen LogP contribution is -2.35. The van der Waals surface area contributed by atoms with Gasteiger partial charge in [-0.25, -0.2) is 0 Å². The Labute approximate surface area is 140 Å². The van der Waals surface area contributed by atoms with E-state index >= 15 is 0 Å². The van der Waals surface area contributed by atoms with Crippen LogP contribution >= 0.6 is 24.0 Å². The number of ether oxygens (including phenoxy) is 1. The summed E-state index contributed by atoms with van der Waals surface area (Å²) in [6.07, 6.45) is 7.91. The topological polar surface area (TPSA) is 29.5 Å². The molecule has 2 heterocycles. The third kappa shape index (κ3) is 3.66. The molecule has 2 fully saturated rings. The molecule has 22 heavy (non-hydrogen) atoms. The van der Waals surface area contributed by atoms with E-state index < -0.39 is 0 Å². The standard InChI is InChI=1S/C17H17NO2S2/c19-16-15(10-4-8-13-6-2-1-3-7-13)22-17(21)18(16)12-14-9-5-11-20-14/h1-4,6-8,10,14H,5,9,11-12H2/b8-4+,15-10-/t14-/m1/s1. The van der Waals surface area contributed by atoms with Crippen molar-refractivity contribution in [3.8, 4) is 0 Å². The molecule has 3 rings (SSSR count). The molecule has 0 bridgehead atoms. The minimum atomic E-state index is -0.0109. The van der Waals surface area contributed by atoms with Crippen LogP contribution in [0.3, 0.4) is 0 Å². The molecule has 1 aromatic rings. The van der Waals surface area contributed by atoms with E-state index in [1.807, 2.05) is 48.6 Å². The van der Waals surface area contributed by atoms with E-state index in [1.165, 1.54) is 11.8 Å². The second-order valence-corrected chi connectivity index (χ2v) is 6.90. The van der Waals surface area contributed by atoms with Crippen molar-refractivity contribution in [2.24, 2.45) is 0 Å². The van der Waals surface area contributed by atoms with Crippen molar-refractivity contribution in [3.05, 3.63) is 53.0 Å². The molecule has 0 N–H and O–H groups in total. The van der Waals surface area contributed by atoms with Crippen molar-refractivity contribution in [1.29, 1.82) is 0 Å². The second kappa shape index (κ2) is 7.22. The van der Waals surface area contributed by atoms with Crippen molar-refractivity contribution in [3.63, 3.8) is 0 Å². The molecule has 2 saturated heterocycles. The van der Waals surface area contributed by atoms with Crippen LogP contribution in [-0.4, -0.2) is 34.4 Å². The number of hydrogen-bond donors (Lipinski definition) is 0. The van der Waals surface area contributed by atoms with E-state index in [0.717, 1.165) is 25.0 Å². The van der Waals surface area contributed by atoms with E-state index in [0.29, 0.717) is 15.8 Å². The number of carbonyl (C=O) groups excluding carboxylic acids is 1. The van der Waals surface area contributed by atoms with E-state index in [9.17, 15) is 4.79 Å². The van der Waals surface area contributed by atoms with Gasteiger partial charge in [0.05, 0.1) is 17.6 Å². The van der Waals surface area contributed by atoms with E-state index in [2.05, 4.69) is 0 Å². The summed E-state index contributed by atoms with van der Waals surface area (Å²) in [6, 6.07) is 10.00. The van der Waals surface area contributed by atoms with Crippen LogP contribution < -0.4 is 0 Å². The van der Waals surface area contributed by atoms with Crippen molar-refractivity contribution in [2.75, 3.05) is 13.2 Å². The summed E-state index contributed by atoms with van der Waals surface area (Å²) in [5, 5.41) is 0. The zero-order chi connectivity index (χ0) is 15.4. The summed E-state index contributed by atoms with van der Waals surface area (Å²) in [4.78, 5) is 14.7. The lowest BCUT2D eigenvalue weighted by atomic mass is 10.2. The van der Waals surface area contributed by atoms with Crippen LogP contribution in [0.25, 0.3) is 6.08 Å². The van der Waals surface area contributed by atoms with Crippen molar-refractivity contribution in [2.45, 2.75) is 18.9 Å². The Morgan fingerprint density at radius 3 is 2.91 bits per heavy atom. The fourth-order valence-electron chi connectivity index (χ4n) is 2.47. The number of benzene rings is 1. The average Bonchev–Trinajstić information content (AvgIpc) is 3.13. The third-order valence-corrected chi connectivity index (χ3v) is 5.02. The summed E-state index contributed by atoms with van der Waals surface area (Å²) in [7, 11) is 0. The smallest absolute Gasteiger partial charge is 0.266 e. The molecule has 0 aromatic heterocycles. The number of carbonyl (C=O) groups is 1. The van der Waals surface area contributed by atoms with Crippen LogP contribution in [0.15, 0.2) is 47.4 Å². The van der Waals surface area contributed by atoms with E-state index in [-0.39, 0.29) is 12.0 Å². The van der Waals surface area contributed by atoms with Gasteiger partial charge in [-0.2, -0.15) is 0 Å². The summed E-state index contributed by atoms with van der Waals surface area (Å²) in [5.41, 5.74) is 1.11. The van der Waals surface area contributed by atoms with Crippen molar-refractivity contribution < 1.29 is 9.53 Å². The fraction of sp³-hybridized carbons (Fsp3) is 0.294. The number of hydrogen-bond acceptors (Lipinski definition) is 4. The van der Waals surface area contributed by atoms with Crippen LogP contribution in [0.4, 0.5) is 0 Å². The quantitative estimate of drug-likeness (QED) is 0.622. The highest BCUT2D eigenvalue weighted by molar-refractivity contribution is 8.26. The van der Waals surface area contributed by atoms with E-state index in [4.69, 9.17) is 17.0 Å². The lowest BCUT2D eigenvalue weighted by Gasteiger charge is -2.18. The van der Waals surface area contributed by atoms with Gasteiger partial charge in [-0.05, 0) is 24.5 Å². The maximum absolute atomic E-state index is 12.4. The predicted octanol–water partition coefficient (Wildman–Crippen LogP) is 3.62. The third-order valence-electron chi connectivity index (χ3n) is 3.62. The molecule has 5 heteroatoms. The van der Waals surface area contributed by atoms with Crippen LogP contribution in [0.1, 0.15) is 18.4 Å². The molecule has 114 valence electrons. The highest BCUT2D eigenvalue weighted by Crippen LogP contribution is 2.32. The largest absolute Gasteiger partial charge is 0.376 e. The second-order valence-electron chi connectivity index (χ2n) is 5.22. The molecule has 0 aliphatic carbocycles. The minimum Gasteiger partial charge on any atom is -0.376 e. The normalized spacial score (nSPS) is 24.1. The average molecular weight is 331 g/mol. The zero-order valence-corrected chi connectivity index (χ0v) is 13.7. The Hall–Kier alpha value is -1.43. The van der Waals surface area contributed by atoms with Gasteiger partial charge in [-0.3, -0.25) is 9.69 Å². The van der Waals surface area contributed by atoms with Gasteiger partial charge in [0.1, 0.15) is 4.32 Å². The van der Waals surface area contributed by atoms with Gasteiger partial charge in [-0.1, -0.05) is 66.5 Å². The van der Waals surface area contributed by atoms with Gasteiger partial charge < -0.3 is 4.74 Å². The highest BCUT2D eigenvalue weighted by Gasteiger charge is 2.34. The Kier molecular flexibility index (Phi) is 5.08. The van der Waals surface area contributed by atoms with Crippen molar-refractivity contribution >= 4 is 40.3 Å². The Morgan fingerprint density at radius 1 is 1.36 bits per heavy atom. The predicted molar refractivity (Wildman–Crippen MR) is 94.4 cm³/mol. The molecule has 2 aliphatic rings. The Morgan fingerprint density at radius 2 is 2.18 bits per heavy atom. The molecule has 1 atom stereocenters. The number of allylic oxidation sites excluding steroid dienone is 2. The molecule has 0 unspecified atom stereocenters. The van der Waals surface area contributed by atoms with Crippen LogP contribution in [0.2, 0.25) is 0 Å². The molecular weight excluding hydrogens is 314 g/mol. The van der Waals surface area contributed by atoms with Crippen molar-refractivity contribution in [1.82, 2.24) is 4.90 Å². The number of amides is 1. The van der Waals surface area contributed by atoms with Gasteiger partial charge in [0.25, 0.3) is 5.91 Å². The number of thioether (sulfide) groups is 1. The first-order valence-corrected chi connectivity index (χ1v) is 8.55. The molecule has 0 spiro atoms. The van der Waals surface area contributed by atoms with Crippen LogP contribution in [0.5, 0.6) is 0 Å². The lowest BCUT2D eigenvalue weighted by molar-refractivity contribution is -0.123. The minimum absolute atomic E-state index is 0.0109. The van der Waals surface area contributed by atoms with Gasteiger partial charge in [0.15, 0.2) is 0 Å². The molecule has 0 saturated carbocycles. The van der Waals surface area contributed by atoms with Crippen LogP contribution in [-0.2, 0) is 9.53 Å². The molecule has 3 nitrogen and oxygen atoms in total. The van der Waals surface area contributed by atoms with Gasteiger partial charge in [0.2, 0.25) is 0 Å². The van der Waals surface area contributed by atoms with Crippen LogP contribution in [0, 0.1) is 0 Å². The fourth-order valence-corrected chi connectivity index (χ4v) is 3.70. The summed E-state index contributed by atoms with van der Waals surface area (Å²) in [6.45, 7) is 1.36. The molecular formula is C17H17NO2S2. The van der Waals surface area contributed by atoms with E-state index in [1.54, 1.807) is 4.90 Å². The number of thiocarbonyl (C=S) groups is 1. The summed E-state index contributed by atoms with van der Waals surface area (Å²) < 4.78 is 6.21.